The van der Waals surface area contributed by atoms with E-state index in [1.54, 1.807) is 5.19 Å². The average Bonchev–Trinajstić information content (AvgIpc) is 3.09. The molecule has 1 aromatic rings. The Balaban J connectivity index is 2.86. The standard InChI is InChI=1S/C27H44OSi2/c1-13-16-28-24-22(26(3,4)5)17-19(2)25(29(8)9)23(24)27(6,7)20-14-15-21(18-20)30(10,11)12/h13-15,17-18,21,29H,1,16H2,2-12H3. The number of aryl methyl sites for hydroxylation is 1. The molecule has 0 N–H and O–H groups in total. The molecule has 166 valence electrons. The molecule has 1 aliphatic carbocycles. The quantitative estimate of drug-likeness (QED) is 0.326. The van der Waals surface area contributed by atoms with Crippen molar-refractivity contribution in [2.75, 3.05) is 6.61 Å². The first-order chi connectivity index (χ1) is 13.6. The van der Waals surface area contributed by atoms with E-state index in [9.17, 15) is 0 Å². The van der Waals surface area contributed by atoms with Gasteiger partial charge in [0.1, 0.15) is 12.4 Å². The summed E-state index contributed by atoms with van der Waals surface area (Å²) in [6, 6.07) is 2.39. The lowest BCUT2D eigenvalue weighted by Gasteiger charge is -2.36. The van der Waals surface area contributed by atoms with Crippen molar-refractivity contribution in [2.45, 2.75) is 90.6 Å². The number of hydrogen-bond donors (Lipinski definition) is 0. The second kappa shape index (κ2) is 8.66. The Hall–Kier alpha value is -1.33. The van der Waals surface area contributed by atoms with Gasteiger partial charge in [0.15, 0.2) is 0 Å². The summed E-state index contributed by atoms with van der Waals surface area (Å²) in [6.45, 7) is 30.7. The molecule has 0 spiro atoms. The van der Waals surface area contributed by atoms with Crippen molar-refractivity contribution in [1.29, 1.82) is 0 Å². The van der Waals surface area contributed by atoms with Gasteiger partial charge in [-0.15, -0.1) is 0 Å². The normalized spacial score (nSPS) is 17.5. The first kappa shape index (κ1) is 24.9. The highest BCUT2D eigenvalue weighted by molar-refractivity contribution is 6.78. The number of allylic oxidation sites excluding steroid dienone is 4. The van der Waals surface area contributed by atoms with Crippen LogP contribution < -0.4 is 9.92 Å². The van der Waals surface area contributed by atoms with Crippen LogP contribution in [0, 0.1) is 6.92 Å². The van der Waals surface area contributed by atoms with Gasteiger partial charge in [-0.1, -0.05) is 115 Å². The molecule has 0 fully saturated rings. The van der Waals surface area contributed by atoms with E-state index in [2.05, 4.69) is 105 Å². The summed E-state index contributed by atoms with van der Waals surface area (Å²) >= 11 is 0. The Morgan fingerprint density at radius 3 is 2.17 bits per heavy atom. The van der Waals surface area contributed by atoms with Crippen molar-refractivity contribution in [3.63, 3.8) is 0 Å². The van der Waals surface area contributed by atoms with Crippen LogP contribution in [0.4, 0.5) is 0 Å². The van der Waals surface area contributed by atoms with Crippen molar-refractivity contribution in [3.8, 4) is 5.75 Å². The van der Waals surface area contributed by atoms with E-state index in [-0.39, 0.29) is 10.8 Å². The Labute approximate surface area is 188 Å². The number of hydrogen-bond acceptors (Lipinski definition) is 1. The molecule has 0 heterocycles. The Morgan fingerprint density at radius 2 is 1.73 bits per heavy atom. The maximum Gasteiger partial charge on any atom is 0.127 e. The molecule has 2 rings (SSSR count). The van der Waals surface area contributed by atoms with Gasteiger partial charge >= 0.3 is 0 Å². The van der Waals surface area contributed by atoms with Gasteiger partial charge in [-0.2, -0.15) is 0 Å². The molecule has 0 saturated heterocycles. The molecule has 0 aromatic heterocycles. The fourth-order valence-corrected chi connectivity index (χ4v) is 8.06. The molecule has 0 saturated carbocycles. The van der Waals surface area contributed by atoms with Crippen LogP contribution in [0.5, 0.6) is 5.75 Å². The Kier molecular flexibility index (Phi) is 7.20. The van der Waals surface area contributed by atoms with Crippen molar-refractivity contribution in [3.05, 3.63) is 59.2 Å². The van der Waals surface area contributed by atoms with Crippen LogP contribution in [-0.2, 0) is 10.8 Å². The van der Waals surface area contributed by atoms with Crippen molar-refractivity contribution in [2.24, 2.45) is 0 Å². The summed E-state index contributed by atoms with van der Waals surface area (Å²) in [5, 5.41) is 1.57. The minimum absolute atomic E-state index is 0.0178. The highest BCUT2D eigenvalue weighted by Crippen LogP contribution is 2.46. The molecule has 30 heavy (non-hydrogen) atoms. The fourth-order valence-electron chi connectivity index (χ4n) is 4.64. The lowest BCUT2D eigenvalue weighted by molar-refractivity contribution is 0.341. The second-order valence-electron chi connectivity index (χ2n) is 11.9. The predicted octanol–water partition coefficient (Wildman–Crippen LogP) is 7.03. The number of ether oxygens (including phenoxy) is 1. The molecule has 1 nitrogen and oxygen atoms in total. The lowest BCUT2D eigenvalue weighted by Crippen LogP contribution is -2.38. The van der Waals surface area contributed by atoms with Crippen LogP contribution in [0.15, 0.2) is 42.5 Å². The van der Waals surface area contributed by atoms with Gasteiger partial charge in [0.05, 0.1) is 16.9 Å². The number of rotatable bonds is 7. The van der Waals surface area contributed by atoms with E-state index in [0.29, 0.717) is 12.1 Å². The summed E-state index contributed by atoms with van der Waals surface area (Å²) in [6.07, 6.45) is 9.26. The van der Waals surface area contributed by atoms with E-state index < -0.39 is 16.9 Å². The predicted molar refractivity (Wildman–Crippen MR) is 141 cm³/mol. The zero-order valence-electron chi connectivity index (χ0n) is 21.4. The summed E-state index contributed by atoms with van der Waals surface area (Å²) in [5.74, 6) is 1.10. The van der Waals surface area contributed by atoms with Crippen LogP contribution in [-0.4, -0.2) is 23.5 Å². The lowest BCUT2D eigenvalue weighted by atomic mass is 9.73. The van der Waals surface area contributed by atoms with E-state index in [1.807, 2.05) is 6.08 Å². The molecule has 0 aliphatic heterocycles. The maximum absolute atomic E-state index is 6.49. The van der Waals surface area contributed by atoms with E-state index in [4.69, 9.17) is 4.74 Å². The molecule has 0 bridgehead atoms. The third kappa shape index (κ3) is 4.94. The average molecular weight is 441 g/mol. The van der Waals surface area contributed by atoms with Crippen LogP contribution >= 0.6 is 0 Å². The van der Waals surface area contributed by atoms with Crippen molar-refractivity contribution < 1.29 is 4.74 Å². The molecule has 1 atom stereocenters. The second-order valence-corrected chi connectivity index (χ2v) is 20.1. The Morgan fingerprint density at radius 1 is 1.13 bits per heavy atom. The summed E-state index contributed by atoms with van der Waals surface area (Å²) in [7, 11) is -2.35. The Bertz CT molecular complexity index is 858. The third-order valence-corrected chi connectivity index (χ3v) is 10.7. The molecular weight excluding hydrogens is 396 g/mol. The van der Waals surface area contributed by atoms with E-state index in [0.717, 1.165) is 5.75 Å². The molecule has 1 aliphatic rings. The summed E-state index contributed by atoms with van der Waals surface area (Å²) < 4.78 is 6.49. The molecule has 0 amide bonds. The van der Waals surface area contributed by atoms with Crippen LogP contribution in [0.3, 0.4) is 0 Å². The molecule has 1 unspecified atom stereocenters. The van der Waals surface area contributed by atoms with Gasteiger partial charge in [-0.3, -0.25) is 0 Å². The van der Waals surface area contributed by atoms with Gasteiger partial charge in [0.25, 0.3) is 0 Å². The molecule has 1 aromatic carbocycles. The maximum atomic E-state index is 6.49. The van der Waals surface area contributed by atoms with E-state index in [1.165, 1.54) is 22.3 Å². The van der Waals surface area contributed by atoms with Crippen LogP contribution in [0.2, 0.25) is 38.3 Å². The third-order valence-electron chi connectivity index (χ3n) is 6.45. The zero-order valence-corrected chi connectivity index (χ0v) is 23.5. The molecular formula is C27H44OSi2. The van der Waals surface area contributed by atoms with E-state index >= 15 is 0 Å². The minimum Gasteiger partial charge on any atom is -0.489 e. The monoisotopic (exact) mass is 440 g/mol. The highest BCUT2D eigenvalue weighted by atomic mass is 28.3. The summed E-state index contributed by atoms with van der Waals surface area (Å²) in [5.41, 5.74) is 6.13. The molecule has 3 heteroatoms. The summed E-state index contributed by atoms with van der Waals surface area (Å²) in [4.78, 5) is 0. The first-order valence-electron chi connectivity index (χ1n) is 11.4. The van der Waals surface area contributed by atoms with Crippen molar-refractivity contribution in [1.82, 2.24) is 0 Å². The largest absolute Gasteiger partial charge is 0.489 e. The van der Waals surface area contributed by atoms with Crippen molar-refractivity contribution >= 4 is 22.1 Å². The van der Waals surface area contributed by atoms with Crippen LogP contribution in [0.25, 0.3) is 0 Å². The minimum atomic E-state index is -1.27. The first-order valence-corrected chi connectivity index (χ1v) is 17.9. The number of benzene rings is 1. The fraction of sp³-hybridized carbons (Fsp3) is 0.556. The topological polar surface area (TPSA) is 9.23 Å². The van der Waals surface area contributed by atoms with Gasteiger partial charge in [-0.05, 0) is 23.5 Å². The SMILES string of the molecule is C=CCOc1c(C(C)(C)C)cc(C)c([SiH](C)C)c1C(C)(C)C1=CC([Si](C)(C)C)C=C1. The molecule has 0 radical (unpaired) electrons. The van der Waals surface area contributed by atoms with Crippen LogP contribution in [0.1, 0.15) is 51.3 Å². The highest BCUT2D eigenvalue weighted by Gasteiger charge is 2.38. The smallest absolute Gasteiger partial charge is 0.127 e. The van der Waals surface area contributed by atoms with Gasteiger partial charge < -0.3 is 4.74 Å². The van der Waals surface area contributed by atoms with Gasteiger partial charge in [0, 0.05) is 16.5 Å². The zero-order chi connectivity index (χ0) is 23.1. The van der Waals surface area contributed by atoms with Gasteiger partial charge in [0.2, 0.25) is 0 Å². The van der Waals surface area contributed by atoms with Gasteiger partial charge in [-0.25, -0.2) is 0 Å².